The first-order valence-electron chi connectivity index (χ1n) is 0. The van der Waals surface area contributed by atoms with E-state index in [2.05, 4.69) is 0 Å². The first kappa shape index (κ1) is 84.5. The van der Waals surface area contributed by atoms with E-state index in [9.17, 15) is 0 Å². The Labute approximate surface area is 45.5 Å². The van der Waals surface area contributed by atoms with Crippen LogP contribution in [0.25, 0.3) is 0 Å². The topological polar surface area (TPSA) is 57.0 Å². The van der Waals surface area contributed by atoms with Gasteiger partial charge in [-0.15, -0.1) is 0 Å². The molecule has 0 saturated heterocycles. The van der Waals surface area contributed by atoms with E-state index < -0.39 is 0 Å². The van der Waals surface area contributed by atoms with Gasteiger partial charge in [0.1, 0.15) is 0 Å². The average molecular weight is 167 g/mol. The van der Waals surface area contributed by atoms with Crippen LogP contribution in [0.5, 0.6) is 0 Å². The Morgan fingerprint density at radius 2 is 0.750 bits per heavy atom. The van der Waals surface area contributed by atoms with Crippen molar-refractivity contribution in [1.82, 2.24) is 0 Å². The number of hydrogen-bond acceptors (Lipinski definition) is 0. The summed E-state index contributed by atoms with van der Waals surface area (Å²) in [4.78, 5) is 0. The van der Waals surface area contributed by atoms with E-state index in [1.54, 1.807) is 0 Å². The second-order valence-electron chi connectivity index (χ2n) is 0. The first-order valence-corrected chi connectivity index (χ1v) is 0. The molecule has 0 N–H and O–H groups in total. The first-order chi connectivity index (χ1) is 0. The van der Waals surface area contributed by atoms with Gasteiger partial charge in [-0.2, -0.15) is 0 Å². The summed E-state index contributed by atoms with van der Waals surface area (Å²) < 4.78 is 0. The van der Waals surface area contributed by atoms with Crippen LogP contribution >= 0.6 is 0 Å². The molecule has 0 aromatic carbocycles. The summed E-state index contributed by atoms with van der Waals surface area (Å²) in [5, 5.41) is 0. The van der Waals surface area contributed by atoms with Crippen LogP contribution in [0.1, 0.15) is 0 Å². The third-order valence-electron chi connectivity index (χ3n) is 0. The molecule has 0 atom stereocenters. The van der Waals surface area contributed by atoms with Crippen LogP contribution in [0, 0.1) is 0 Å². The summed E-state index contributed by atoms with van der Waals surface area (Å²) in [5.41, 5.74) is 0. The summed E-state index contributed by atoms with van der Waals surface area (Å²) in [6.07, 6.45) is 0. The molecule has 26 valence electrons. The standard InChI is InChI=1S/Fe.2O.Se/q+2;2*-2;+2. The van der Waals surface area contributed by atoms with Crippen LogP contribution in [0.4, 0.5) is 0 Å². The molecular formula is FeO2Se. The van der Waals surface area contributed by atoms with Gasteiger partial charge in [0, 0.05) is 0 Å². The van der Waals surface area contributed by atoms with Crippen LogP contribution in [0.2, 0.25) is 0 Å². The number of hydrogen-bond donors (Lipinski definition) is 0. The average Bonchev–Trinajstić information content (AvgIpc) is 0. The molecule has 4 radical (unpaired) electrons. The van der Waals surface area contributed by atoms with E-state index in [0.717, 1.165) is 0 Å². The van der Waals surface area contributed by atoms with Gasteiger partial charge in [0.05, 0.1) is 0 Å². The summed E-state index contributed by atoms with van der Waals surface area (Å²) in [5.74, 6) is 0. The van der Waals surface area contributed by atoms with E-state index in [1.165, 1.54) is 0 Å². The number of rotatable bonds is 0. The fraction of sp³-hybridized carbons (Fsp3) is 0. The zero-order chi connectivity index (χ0) is 0. The maximum absolute atomic E-state index is 0. The van der Waals surface area contributed by atoms with Crippen molar-refractivity contribution in [2.24, 2.45) is 0 Å². The van der Waals surface area contributed by atoms with E-state index in [4.69, 9.17) is 0 Å². The quantitative estimate of drug-likeness (QED) is 0.431. The van der Waals surface area contributed by atoms with E-state index in [-0.39, 0.29) is 45.1 Å². The minimum Gasteiger partial charge on any atom is -2.00 e. The van der Waals surface area contributed by atoms with Gasteiger partial charge in [0.25, 0.3) is 0 Å². The van der Waals surface area contributed by atoms with Gasteiger partial charge in [-0.05, 0) is 0 Å². The van der Waals surface area contributed by atoms with E-state index in [0.29, 0.717) is 0 Å². The molecule has 0 unspecified atom stereocenters. The van der Waals surface area contributed by atoms with Gasteiger partial charge in [-0.25, -0.2) is 0 Å². The monoisotopic (exact) mass is 168 g/mol. The van der Waals surface area contributed by atoms with Gasteiger partial charge in [0.2, 0.25) is 0 Å². The maximum Gasteiger partial charge on any atom is 2.00 e. The SMILES string of the molecule is [Fe+2].[O-2].[O-2].[Se+2]. The molecule has 0 aromatic rings. The van der Waals surface area contributed by atoms with Gasteiger partial charge < -0.3 is 11.0 Å². The minimum absolute atomic E-state index is 0. The zero-order valence-corrected chi connectivity index (χ0v) is 4.40. The van der Waals surface area contributed by atoms with Crippen LogP contribution in [-0.2, 0) is 28.0 Å². The summed E-state index contributed by atoms with van der Waals surface area (Å²) in [6, 6.07) is 0. The second kappa shape index (κ2) is 37.7. The van der Waals surface area contributed by atoms with Gasteiger partial charge in [-0.1, -0.05) is 0 Å². The van der Waals surface area contributed by atoms with E-state index in [1.807, 2.05) is 0 Å². The summed E-state index contributed by atoms with van der Waals surface area (Å²) >= 11 is 0. The molecule has 0 saturated carbocycles. The smallest absolute Gasteiger partial charge is 2.00 e. The maximum atomic E-state index is 0. The van der Waals surface area contributed by atoms with Crippen LogP contribution in [0.3, 0.4) is 0 Å². The molecule has 4 heavy (non-hydrogen) atoms. The molecule has 0 aromatic heterocycles. The molecule has 0 aliphatic rings. The van der Waals surface area contributed by atoms with Crippen LogP contribution in [-0.4, -0.2) is 17.1 Å². The predicted octanol–water partition coefficient (Wildman–Crippen LogP) is -0.621. The minimum atomic E-state index is 0. The third-order valence-corrected chi connectivity index (χ3v) is 0. The normalized spacial score (nSPS) is 0. The van der Waals surface area contributed by atoms with E-state index >= 15 is 0 Å². The molecule has 0 bridgehead atoms. The van der Waals surface area contributed by atoms with Crippen molar-refractivity contribution in [2.45, 2.75) is 0 Å². The fourth-order valence-corrected chi connectivity index (χ4v) is 0. The summed E-state index contributed by atoms with van der Waals surface area (Å²) in [6.45, 7) is 0. The van der Waals surface area contributed by atoms with Crippen molar-refractivity contribution in [3.8, 4) is 0 Å². The third kappa shape index (κ3) is 12.3. The Bertz CT molecular complexity index is 6.00. The molecule has 2 nitrogen and oxygen atoms in total. The van der Waals surface area contributed by atoms with Gasteiger partial charge >= 0.3 is 34.1 Å². The molecule has 0 spiro atoms. The van der Waals surface area contributed by atoms with Crippen molar-refractivity contribution < 1.29 is 28.0 Å². The van der Waals surface area contributed by atoms with Crippen molar-refractivity contribution >= 4 is 17.1 Å². The van der Waals surface area contributed by atoms with Crippen molar-refractivity contribution in [3.05, 3.63) is 0 Å². The molecular weight excluding hydrogens is 167 g/mol. The van der Waals surface area contributed by atoms with Gasteiger partial charge in [-0.3, -0.25) is 0 Å². The second-order valence-corrected chi connectivity index (χ2v) is 0. The fourth-order valence-electron chi connectivity index (χ4n) is 0. The zero-order valence-electron chi connectivity index (χ0n) is 1.58. The Kier molecular flexibility index (Phi) is 796. The molecule has 4 heteroatoms. The van der Waals surface area contributed by atoms with Crippen LogP contribution in [0.15, 0.2) is 0 Å². The molecule has 0 aliphatic carbocycles. The van der Waals surface area contributed by atoms with Crippen LogP contribution < -0.4 is 0 Å². The van der Waals surface area contributed by atoms with Gasteiger partial charge in [0.15, 0.2) is 0 Å². The molecule has 0 fully saturated rings. The Hall–Kier alpha value is 0.959. The van der Waals surface area contributed by atoms with Crippen molar-refractivity contribution in [2.75, 3.05) is 0 Å². The Balaban J connectivity index is 0. The van der Waals surface area contributed by atoms with Crippen molar-refractivity contribution in [3.63, 3.8) is 0 Å². The summed E-state index contributed by atoms with van der Waals surface area (Å²) in [7, 11) is 0. The Morgan fingerprint density at radius 3 is 0.750 bits per heavy atom. The predicted molar refractivity (Wildman–Crippen MR) is 7.13 cm³/mol. The molecule has 0 aliphatic heterocycles. The molecule has 0 amide bonds. The molecule has 0 rings (SSSR count). The molecule has 0 heterocycles. The largest absolute Gasteiger partial charge is 2.00 e. The van der Waals surface area contributed by atoms with Crippen molar-refractivity contribution in [1.29, 1.82) is 0 Å². The Morgan fingerprint density at radius 1 is 0.750 bits per heavy atom.